The van der Waals surface area contributed by atoms with Gasteiger partial charge in [0.25, 0.3) is 5.91 Å². The predicted octanol–water partition coefficient (Wildman–Crippen LogP) is 0.871. The van der Waals surface area contributed by atoms with Crippen LogP contribution < -0.4 is 5.32 Å². The van der Waals surface area contributed by atoms with Crippen LogP contribution in [0.4, 0.5) is 0 Å². The Morgan fingerprint density at radius 3 is 2.94 bits per heavy atom. The third-order valence-corrected chi connectivity index (χ3v) is 2.51. The molecule has 0 radical (unpaired) electrons. The van der Waals surface area contributed by atoms with Gasteiger partial charge in [-0.25, -0.2) is 4.98 Å². The van der Waals surface area contributed by atoms with Gasteiger partial charge in [-0.15, -0.1) is 0 Å². The van der Waals surface area contributed by atoms with Crippen molar-refractivity contribution in [1.29, 1.82) is 0 Å². The first kappa shape index (κ1) is 12.2. The number of amides is 1. The fourth-order valence-corrected chi connectivity index (χ4v) is 1.51. The van der Waals surface area contributed by atoms with E-state index in [2.05, 4.69) is 25.5 Å². The molecule has 2 heterocycles. The summed E-state index contributed by atoms with van der Waals surface area (Å²) in [5, 5.41) is 9.38. The number of aromatic nitrogens is 4. The summed E-state index contributed by atoms with van der Waals surface area (Å²) < 4.78 is 0. The number of aryl methyl sites for hydroxylation is 2. The SMILES string of the molecule is Cc1ccc(C(=O)NCCCc2ncn[nH]2)cn1. The van der Waals surface area contributed by atoms with Crippen molar-refractivity contribution in [2.24, 2.45) is 0 Å². The van der Waals surface area contributed by atoms with Crippen LogP contribution in [-0.4, -0.2) is 32.6 Å². The standard InChI is InChI=1S/C12H15N5O/c1-9-4-5-10(7-14-9)12(18)13-6-2-3-11-15-8-16-17-11/h4-5,7-8H,2-3,6H2,1H3,(H,13,18)(H,15,16,17). The van der Waals surface area contributed by atoms with Gasteiger partial charge in [-0.3, -0.25) is 14.9 Å². The van der Waals surface area contributed by atoms with Crippen molar-refractivity contribution in [3.63, 3.8) is 0 Å². The minimum Gasteiger partial charge on any atom is -0.352 e. The lowest BCUT2D eigenvalue weighted by molar-refractivity contribution is 0.0953. The second-order valence-corrected chi connectivity index (χ2v) is 3.98. The quantitative estimate of drug-likeness (QED) is 0.766. The van der Waals surface area contributed by atoms with Crippen molar-refractivity contribution in [3.8, 4) is 0 Å². The Hall–Kier alpha value is -2.24. The van der Waals surface area contributed by atoms with Crippen molar-refractivity contribution in [1.82, 2.24) is 25.5 Å². The summed E-state index contributed by atoms with van der Waals surface area (Å²) in [6.45, 7) is 2.49. The number of hydrogen-bond acceptors (Lipinski definition) is 4. The van der Waals surface area contributed by atoms with Gasteiger partial charge in [0.1, 0.15) is 12.2 Å². The second-order valence-electron chi connectivity index (χ2n) is 3.98. The average Bonchev–Trinajstić information content (AvgIpc) is 2.88. The molecule has 0 aliphatic rings. The highest BCUT2D eigenvalue weighted by molar-refractivity contribution is 5.93. The summed E-state index contributed by atoms with van der Waals surface area (Å²) >= 11 is 0. The van der Waals surface area contributed by atoms with E-state index >= 15 is 0 Å². The number of nitrogens with one attached hydrogen (secondary N) is 2. The zero-order valence-corrected chi connectivity index (χ0v) is 10.2. The highest BCUT2D eigenvalue weighted by atomic mass is 16.1. The molecule has 0 fully saturated rings. The molecule has 0 unspecified atom stereocenters. The Balaban J connectivity index is 1.73. The molecule has 0 atom stereocenters. The molecular weight excluding hydrogens is 230 g/mol. The molecule has 2 rings (SSSR count). The van der Waals surface area contributed by atoms with E-state index in [9.17, 15) is 4.79 Å². The fourth-order valence-electron chi connectivity index (χ4n) is 1.51. The second kappa shape index (κ2) is 5.90. The molecule has 0 saturated heterocycles. The summed E-state index contributed by atoms with van der Waals surface area (Å²) in [4.78, 5) is 19.8. The van der Waals surface area contributed by atoms with Gasteiger partial charge in [0.2, 0.25) is 0 Å². The summed E-state index contributed by atoms with van der Waals surface area (Å²) in [6, 6.07) is 3.59. The summed E-state index contributed by atoms with van der Waals surface area (Å²) in [7, 11) is 0. The first-order valence-electron chi connectivity index (χ1n) is 5.81. The molecule has 6 nitrogen and oxygen atoms in total. The Labute approximate surface area is 105 Å². The van der Waals surface area contributed by atoms with Crippen LogP contribution >= 0.6 is 0 Å². The first-order chi connectivity index (χ1) is 8.75. The number of rotatable bonds is 5. The van der Waals surface area contributed by atoms with Crippen molar-refractivity contribution in [2.75, 3.05) is 6.54 Å². The van der Waals surface area contributed by atoms with E-state index in [1.807, 2.05) is 13.0 Å². The molecule has 0 bridgehead atoms. The lowest BCUT2D eigenvalue weighted by atomic mass is 10.2. The van der Waals surface area contributed by atoms with Crippen LogP contribution in [0.5, 0.6) is 0 Å². The molecule has 0 saturated carbocycles. The minimum absolute atomic E-state index is 0.0972. The van der Waals surface area contributed by atoms with Crippen molar-refractivity contribution < 1.29 is 4.79 Å². The van der Waals surface area contributed by atoms with E-state index in [0.717, 1.165) is 24.4 Å². The Bertz CT molecular complexity index is 492. The van der Waals surface area contributed by atoms with E-state index < -0.39 is 0 Å². The van der Waals surface area contributed by atoms with Crippen LogP contribution in [0.2, 0.25) is 0 Å². The molecule has 1 amide bonds. The molecular formula is C12H15N5O. The third kappa shape index (κ3) is 3.38. The maximum atomic E-state index is 11.7. The topological polar surface area (TPSA) is 83.6 Å². The lowest BCUT2D eigenvalue weighted by Crippen LogP contribution is -2.25. The number of carbonyl (C=O) groups excluding carboxylic acids is 1. The van der Waals surface area contributed by atoms with Gasteiger partial charge in [-0.1, -0.05) is 0 Å². The summed E-state index contributed by atoms with van der Waals surface area (Å²) in [5.41, 5.74) is 1.48. The van der Waals surface area contributed by atoms with Gasteiger partial charge >= 0.3 is 0 Å². The molecule has 94 valence electrons. The van der Waals surface area contributed by atoms with E-state index in [-0.39, 0.29) is 5.91 Å². The maximum Gasteiger partial charge on any atom is 0.252 e. The fraction of sp³-hybridized carbons (Fsp3) is 0.333. The number of nitrogens with zero attached hydrogens (tertiary/aromatic N) is 3. The molecule has 0 aromatic carbocycles. The van der Waals surface area contributed by atoms with Gasteiger partial charge in [0, 0.05) is 24.9 Å². The molecule has 0 aliphatic carbocycles. The highest BCUT2D eigenvalue weighted by Crippen LogP contribution is 1.99. The monoisotopic (exact) mass is 245 g/mol. The normalized spacial score (nSPS) is 10.3. The molecule has 18 heavy (non-hydrogen) atoms. The molecule has 2 N–H and O–H groups in total. The molecule has 2 aromatic heterocycles. The molecule has 6 heteroatoms. The van der Waals surface area contributed by atoms with Crippen LogP contribution in [0, 0.1) is 6.92 Å². The van der Waals surface area contributed by atoms with Gasteiger partial charge in [-0.2, -0.15) is 5.10 Å². The van der Waals surface area contributed by atoms with E-state index in [1.54, 1.807) is 12.3 Å². The molecule has 0 spiro atoms. The predicted molar refractivity (Wildman–Crippen MR) is 66.0 cm³/mol. The number of hydrogen-bond donors (Lipinski definition) is 2. The van der Waals surface area contributed by atoms with Gasteiger partial charge in [0.05, 0.1) is 5.56 Å². The summed E-state index contributed by atoms with van der Waals surface area (Å²) in [5.74, 6) is 0.737. The number of aromatic amines is 1. The average molecular weight is 245 g/mol. The number of carbonyl (C=O) groups is 1. The molecule has 0 aliphatic heterocycles. The van der Waals surface area contributed by atoms with Crippen LogP contribution in [0.25, 0.3) is 0 Å². The van der Waals surface area contributed by atoms with Gasteiger partial charge < -0.3 is 5.32 Å². The van der Waals surface area contributed by atoms with E-state index in [0.29, 0.717) is 12.1 Å². The summed E-state index contributed by atoms with van der Waals surface area (Å²) in [6.07, 6.45) is 4.65. The van der Waals surface area contributed by atoms with E-state index in [1.165, 1.54) is 6.33 Å². The number of pyridine rings is 1. The first-order valence-corrected chi connectivity index (χ1v) is 5.81. The third-order valence-electron chi connectivity index (χ3n) is 2.51. The zero-order chi connectivity index (χ0) is 12.8. The van der Waals surface area contributed by atoms with Crippen LogP contribution in [0.15, 0.2) is 24.7 Å². The van der Waals surface area contributed by atoms with Crippen molar-refractivity contribution >= 4 is 5.91 Å². The van der Waals surface area contributed by atoms with Crippen LogP contribution in [-0.2, 0) is 6.42 Å². The Morgan fingerprint density at radius 1 is 1.39 bits per heavy atom. The van der Waals surface area contributed by atoms with Crippen LogP contribution in [0.1, 0.15) is 28.3 Å². The molecule has 2 aromatic rings. The van der Waals surface area contributed by atoms with Crippen molar-refractivity contribution in [3.05, 3.63) is 41.7 Å². The van der Waals surface area contributed by atoms with Gasteiger partial charge in [0.15, 0.2) is 0 Å². The van der Waals surface area contributed by atoms with E-state index in [4.69, 9.17) is 0 Å². The smallest absolute Gasteiger partial charge is 0.252 e. The van der Waals surface area contributed by atoms with Crippen molar-refractivity contribution in [2.45, 2.75) is 19.8 Å². The van der Waals surface area contributed by atoms with Gasteiger partial charge in [-0.05, 0) is 25.5 Å². The zero-order valence-electron chi connectivity index (χ0n) is 10.2. The lowest BCUT2D eigenvalue weighted by Gasteiger charge is -2.04. The number of H-pyrrole nitrogens is 1. The minimum atomic E-state index is -0.0972. The Kier molecular flexibility index (Phi) is 4.01. The largest absolute Gasteiger partial charge is 0.352 e. The highest BCUT2D eigenvalue weighted by Gasteiger charge is 2.04. The Morgan fingerprint density at radius 2 is 2.28 bits per heavy atom. The van der Waals surface area contributed by atoms with Crippen LogP contribution in [0.3, 0.4) is 0 Å². The maximum absolute atomic E-state index is 11.7.